The maximum atomic E-state index is 13.2. The number of piperidine rings is 1. The maximum absolute atomic E-state index is 13.2. The van der Waals surface area contributed by atoms with E-state index in [-0.39, 0.29) is 17.9 Å². The Kier molecular flexibility index (Phi) is 6.83. The zero-order valence-corrected chi connectivity index (χ0v) is 22.0. The van der Waals surface area contributed by atoms with E-state index in [1.807, 2.05) is 24.3 Å². The quantitative estimate of drug-likeness (QED) is 0.276. The summed E-state index contributed by atoms with van der Waals surface area (Å²) in [5, 5.41) is 1.99. The number of likely N-dealkylation sites (tertiary alicyclic amines) is 1. The molecule has 1 aliphatic carbocycles. The molecule has 0 N–H and O–H groups in total. The third-order valence-electron chi connectivity index (χ3n) is 7.33. The minimum atomic E-state index is -0.441. The van der Waals surface area contributed by atoms with Gasteiger partial charge >= 0.3 is 212 Å². The third-order valence-corrected chi connectivity index (χ3v) is 9.42. The Bertz CT molecular complexity index is 1280. The standard InChI is InChI=1S/C28H30N2O4Se/c1-4-18-17-29(14-15-35-19-10-6-5-7-11-19)23-16-21(18)25(27(31)33-2)24-20-12-8-9-13-22(20)30(26(23)24)28(32)34-3/h4-13,21,23,25H,14-17H2,1-3H3/b18-4-/t21-,23-,25-/m1/s1. The number of nitrogens with zero attached hydrogens (tertiary/aromatic N) is 2. The first-order valence-electron chi connectivity index (χ1n) is 11.9. The fraction of sp³-hybridized carbons (Fsp3) is 0.357. The molecule has 6 nitrogen and oxygen atoms in total. The van der Waals surface area contributed by atoms with Gasteiger partial charge in [0.1, 0.15) is 0 Å². The van der Waals surface area contributed by atoms with E-state index in [1.54, 1.807) is 4.57 Å². The van der Waals surface area contributed by atoms with Gasteiger partial charge in [0.2, 0.25) is 0 Å². The first-order chi connectivity index (χ1) is 17.1. The molecule has 2 bridgehead atoms. The number of ether oxygens (including phenoxy) is 2. The van der Waals surface area contributed by atoms with E-state index >= 15 is 0 Å². The van der Waals surface area contributed by atoms with Crippen LogP contribution in [0.3, 0.4) is 0 Å². The second-order valence-electron chi connectivity index (χ2n) is 8.98. The minimum absolute atomic E-state index is 0.0256. The van der Waals surface area contributed by atoms with Crippen LogP contribution in [0.4, 0.5) is 4.79 Å². The molecule has 1 fully saturated rings. The van der Waals surface area contributed by atoms with Crippen molar-refractivity contribution in [1.29, 1.82) is 0 Å². The summed E-state index contributed by atoms with van der Waals surface area (Å²) >= 11 is 0.370. The second kappa shape index (κ2) is 10.0. The van der Waals surface area contributed by atoms with Gasteiger partial charge in [-0.15, -0.1) is 0 Å². The Labute approximate surface area is 212 Å². The molecule has 3 atom stereocenters. The molecule has 35 heavy (non-hydrogen) atoms. The number of carbonyl (C=O) groups excluding carboxylic acids is 2. The number of rotatable bonds is 5. The van der Waals surface area contributed by atoms with Crippen molar-refractivity contribution >= 4 is 42.4 Å². The molecular weight excluding hydrogens is 507 g/mol. The summed E-state index contributed by atoms with van der Waals surface area (Å²) in [4.78, 5) is 28.8. The molecule has 2 heterocycles. The fourth-order valence-corrected chi connectivity index (χ4v) is 7.73. The zero-order valence-electron chi connectivity index (χ0n) is 20.3. The van der Waals surface area contributed by atoms with Crippen LogP contribution < -0.4 is 4.46 Å². The van der Waals surface area contributed by atoms with Crippen molar-refractivity contribution < 1.29 is 19.1 Å². The Morgan fingerprint density at radius 1 is 1.06 bits per heavy atom. The van der Waals surface area contributed by atoms with E-state index in [2.05, 4.69) is 48.2 Å². The molecule has 5 rings (SSSR count). The summed E-state index contributed by atoms with van der Waals surface area (Å²) in [7, 11) is 2.86. The van der Waals surface area contributed by atoms with Gasteiger partial charge in [-0.2, -0.15) is 0 Å². The molecule has 0 unspecified atom stereocenters. The molecule has 1 aliphatic heterocycles. The van der Waals surface area contributed by atoms with Gasteiger partial charge in [-0.05, 0) is 0 Å². The van der Waals surface area contributed by atoms with E-state index in [0.29, 0.717) is 15.0 Å². The van der Waals surface area contributed by atoms with Crippen LogP contribution in [0, 0.1) is 5.92 Å². The number of benzene rings is 2. The summed E-state index contributed by atoms with van der Waals surface area (Å²) in [6.45, 7) is 3.77. The Morgan fingerprint density at radius 3 is 2.51 bits per heavy atom. The van der Waals surface area contributed by atoms with Crippen LogP contribution in [0.25, 0.3) is 10.9 Å². The topological polar surface area (TPSA) is 60.8 Å². The number of fused-ring (bicyclic) bond motifs is 6. The van der Waals surface area contributed by atoms with Gasteiger partial charge in [0.25, 0.3) is 0 Å². The van der Waals surface area contributed by atoms with E-state index in [0.717, 1.165) is 47.0 Å². The molecule has 3 aromatic rings. The molecule has 0 spiro atoms. The van der Waals surface area contributed by atoms with Crippen LogP contribution in [0.5, 0.6) is 0 Å². The molecule has 182 valence electrons. The number of hydrogen-bond donors (Lipinski definition) is 0. The molecule has 0 saturated carbocycles. The first-order valence-corrected chi connectivity index (χ1v) is 14.0. The summed E-state index contributed by atoms with van der Waals surface area (Å²) < 4.78 is 13.6. The van der Waals surface area contributed by atoms with Gasteiger partial charge in [0, 0.05) is 0 Å². The van der Waals surface area contributed by atoms with Crippen LogP contribution in [-0.4, -0.2) is 63.8 Å². The molecule has 2 aromatic carbocycles. The summed E-state index contributed by atoms with van der Waals surface area (Å²) in [6.07, 6.45) is 2.52. The van der Waals surface area contributed by atoms with Crippen molar-refractivity contribution in [2.45, 2.75) is 30.6 Å². The zero-order chi connectivity index (χ0) is 24.5. The number of allylic oxidation sites excluding steroid dienone is 1. The molecule has 1 aromatic heterocycles. The first kappa shape index (κ1) is 23.9. The normalized spacial score (nSPS) is 22.7. The summed E-state index contributed by atoms with van der Waals surface area (Å²) in [5.41, 5.74) is 3.84. The number of methoxy groups -OCH3 is 2. The molecule has 7 heteroatoms. The van der Waals surface area contributed by atoms with E-state index in [1.165, 1.54) is 24.3 Å². The van der Waals surface area contributed by atoms with Crippen molar-refractivity contribution in [3.05, 3.63) is 77.5 Å². The Morgan fingerprint density at radius 2 is 1.80 bits per heavy atom. The van der Waals surface area contributed by atoms with Crippen molar-refractivity contribution in [3.8, 4) is 0 Å². The van der Waals surface area contributed by atoms with E-state index in [9.17, 15) is 9.59 Å². The van der Waals surface area contributed by atoms with Gasteiger partial charge in [-0.1, -0.05) is 0 Å². The van der Waals surface area contributed by atoms with Crippen LogP contribution in [0.2, 0.25) is 5.32 Å². The number of para-hydroxylation sites is 1. The van der Waals surface area contributed by atoms with Gasteiger partial charge < -0.3 is 0 Å². The molecule has 2 aliphatic rings. The monoisotopic (exact) mass is 538 g/mol. The van der Waals surface area contributed by atoms with Crippen molar-refractivity contribution in [2.75, 3.05) is 27.3 Å². The number of esters is 1. The third kappa shape index (κ3) is 4.12. The SMILES string of the molecule is C/C=C1/CN(CC[Se]c2ccccc2)[C@@H]2C[C@H]1[C@@H](C(=O)OC)c1c2n(C(=O)OC)c2ccccc12. The Balaban J connectivity index is 1.62. The van der Waals surface area contributed by atoms with Crippen LogP contribution in [0.1, 0.15) is 36.6 Å². The molecule has 0 amide bonds. The molecule has 0 radical (unpaired) electrons. The number of carbonyl (C=O) groups is 2. The Hall–Kier alpha value is -2.86. The average molecular weight is 538 g/mol. The summed E-state index contributed by atoms with van der Waals surface area (Å²) in [5.74, 6) is -0.635. The van der Waals surface area contributed by atoms with Crippen LogP contribution >= 0.6 is 0 Å². The molecular formula is C28H30N2O4Se. The van der Waals surface area contributed by atoms with Crippen molar-refractivity contribution in [3.63, 3.8) is 0 Å². The predicted molar refractivity (Wildman–Crippen MR) is 137 cm³/mol. The molecule has 1 saturated heterocycles. The van der Waals surface area contributed by atoms with E-state index < -0.39 is 12.0 Å². The fourth-order valence-electron chi connectivity index (χ4n) is 5.81. The van der Waals surface area contributed by atoms with Crippen LogP contribution in [0.15, 0.2) is 66.2 Å². The van der Waals surface area contributed by atoms with Crippen LogP contribution in [-0.2, 0) is 14.3 Å². The second-order valence-corrected chi connectivity index (χ2v) is 11.4. The van der Waals surface area contributed by atoms with Gasteiger partial charge in [0.15, 0.2) is 0 Å². The van der Waals surface area contributed by atoms with E-state index in [4.69, 9.17) is 9.47 Å². The number of aromatic nitrogens is 1. The van der Waals surface area contributed by atoms with Gasteiger partial charge in [-0.25, -0.2) is 0 Å². The van der Waals surface area contributed by atoms with Crippen molar-refractivity contribution in [2.24, 2.45) is 5.92 Å². The van der Waals surface area contributed by atoms with Crippen molar-refractivity contribution in [1.82, 2.24) is 9.47 Å². The summed E-state index contributed by atoms with van der Waals surface area (Å²) in [6, 6.07) is 18.5. The predicted octanol–water partition coefficient (Wildman–Crippen LogP) is 4.28. The number of hydrogen-bond acceptors (Lipinski definition) is 5. The average Bonchev–Trinajstić information content (AvgIpc) is 3.24. The van der Waals surface area contributed by atoms with Gasteiger partial charge in [0.05, 0.1) is 0 Å². The van der Waals surface area contributed by atoms with Gasteiger partial charge in [-0.3, -0.25) is 0 Å².